The first-order valence-corrected chi connectivity index (χ1v) is 8.40. The summed E-state index contributed by atoms with van der Waals surface area (Å²) in [5, 5.41) is 0. The molecule has 120 valence electrons. The minimum Gasteiger partial charge on any atom is -0.274 e. The van der Waals surface area contributed by atoms with Gasteiger partial charge in [-0.3, -0.25) is 9.59 Å². The van der Waals surface area contributed by atoms with Crippen LogP contribution in [0.1, 0.15) is 37.9 Å². The number of allylic oxidation sites excluding steroid dienone is 2. The molecule has 4 heteroatoms. The third-order valence-electron chi connectivity index (χ3n) is 5.74. The summed E-state index contributed by atoms with van der Waals surface area (Å²) in [5.41, 5.74) is 4.54. The van der Waals surface area contributed by atoms with Crippen molar-refractivity contribution in [1.82, 2.24) is 4.98 Å². The lowest BCUT2D eigenvalue weighted by Crippen LogP contribution is -2.34. The Balaban J connectivity index is 1.77. The fraction of sp³-hybridized carbons (Fsp3) is 0.526. The van der Waals surface area contributed by atoms with Gasteiger partial charge in [0.15, 0.2) is 0 Å². The van der Waals surface area contributed by atoms with Crippen LogP contribution in [0.2, 0.25) is 0 Å². The van der Waals surface area contributed by atoms with Gasteiger partial charge in [0, 0.05) is 5.69 Å². The van der Waals surface area contributed by atoms with E-state index in [4.69, 9.17) is 0 Å². The number of nitrogens with zero attached hydrogens (tertiary/aromatic N) is 2. The quantitative estimate of drug-likeness (QED) is 0.591. The van der Waals surface area contributed by atoms with Crippen LogP contribution < -0.4 is 4.90 Å². The van der Waals surface area contributed by atoms with Crippen molar-refractivity contribution in [3.63, 3.8) is 0 Å². The van der Waals surface area contributed by atoms with E-state index in [2.05, 4.69) is 18.8 Å². The highest BCUT2D eigenvalue weighted by molar-refractivity contribution is 6.22. The second-order valence-electron chi connectivity index (χ2n) is 7.45. The van der Waals surface area contributed by atoms with Gasteiger partial charge in [-0.05, 0) is 70.1 Å². The Morgan fingerprint density at radius 1 is 1.04 bits per heavy atom. The third kappa shape index (κ3) is 1.87. The van der Waals surface area contributed by atoms with Crippen LogP contribution in [0.15, 0.2) is 23.3 Å². The first kappa shape index (κ1) is 14.6. The van der Waals surface area contributed by atoms with Gasteiger partial charge >= 0.3 is 0 Å². The van der Waals surface area contributed by atoms with Crippen molar-refractivity contribution in [3.05, 3.63) is 34.5 Å². The fourth-order valence-electron chi connectivity index (χ4n) is 5.15. The van der Waals surface area contributed by atoms with Gasteiger partial charge < -0.3 is 0 Å². The number of fused-ring (bicyclic) bond motifs is 5. The van der Waals surface area contributed by atoms with E-state index in [1.807, 2.05) is 26.0 Å². The van der Waals surface area contributed by atoms with Crippen LogP contribution in [0.5, 0.6) is 0 Å². The fourth-order valence-corrected chi connectivity index (χ4v) is 5.15. The summed E-state index contributed by atoms with van der Waals surface area (Å²) in [6.07, 6.45) is 2.08. The Hall–Kier alpha value is -1.97. The van der Waals surface area contributed by atoms with Gasteiger partial charge in [-0.2, -0.15) is 0 Å². The molecule has 4 atom stereocenters. The highest BCUT2D eigenvalue weighted by Gasteiger charge is 2.63. The molecule has 1 aromatic heterocycles. The molecule has 2 saturated carbocycles. The topological polar surface area (TPSA) is 50.3 Å². The highest BCUT2D eigenvalue weighted by atomic mass is 16.2. The van der Waals surface area contributed by atoms with E-state index in [9.17, 15) is 9.59 Å². The van der Waals surface area contributed by atoms with Crippen molar-refractivity contribution >= 4 is 17.6 Å². The zero-order valence-corrected chi connectivity index (χ0v) is 14.1. The van der Waals surface area contributed by atoms with Crippen LogP contribution >= 0.6 is 0 Å². The normalized spacial score (nSPS) is 32.0. The molecule has 1 aromatic rings. The summed E-state index contributed by atoms with van der Waals surface area (Å²) in [6.45, 7) is 8.09. The summed E-state index contributed by atoms with van der Waals surface area (Å²) in [5.74, 6) is 0.643. The molecule has 2 heterocycles. The maximum atomic E-state index is 13.0. The number of hydrogen-bond acceptors (Lipinski definition) is 3. The molecule has 0 radical (unpaired) electrons. The van der Waals surface area contributed by atoms with E-state index in [1.165, 1.54) is 16.0 Å². The van der Waals surface area contributed by atoms with Crippen LogP contribution in [-0.2, 0) is 9.59 Å². The zero-order valence-electron chi connectivity index (χ0n) is 14.1. The molecule has 4 rings (SSSR count). The van der Waals surface area contributed by atoms with Gasteiger partial charge in [0.25, 0.3) is 0 Å². The highest BCUT2D eigenvalue weighted by Crippen LogP contribution is 2.60. The van der Waals surface area contributed by atoms with Crippen molar-refractivity contribution < 1.29 is 9.59 Å². The smallest absolute Gasteiger partial charge is 0.239 e. The van der Waals surface area contributed by atoms with E-state index in [-0.39, 0.29) is 35.5 Å². The number of imide groups is 1. The monoisotopic (exact) mass is 310 g/mol. The Labute approximate surface area is 136 Å². The number of carbonyl (C=O) groups is 2. The molecule has 0 spiro atoms. The van der Waals surface area contributed by atoms with Gasteiger partial charge in [0.05, 0.1) is 11.8 Å². The predicted octanol–water partition coefficient (Wildman–Crippen LogP) is 3.18. The number of anilines is 1. The van der Waals surface area contributed by atoms with Crippen molar-refractivity contribution in [2.45, 2.75) is 40.5 Å². The van der Waals surface area contributed by atoms with Gasteiger partial charge in [-0.15, -0.1) is 0 Å². The van der Waals surface area contributed by atoms with E-state index in [0.717, 1.165) is 24.1 Å². The Morgan fingerprint density at radius 3 is 2.09 bits per heavy atom. The summed E-state index contributed by atoms with van der Waals surface area (Å²) in [4.78, 5) is 31.8. The van der Waals surface area contributed by atoms with Gasteiger partial charge in [-0.1, -0.05) is 11.1 Å². The SMILES string of the molecule is CC(C)=C1[C@H]2CC[C@H]1[C@H]1C(=O)N(c3cc(C)cc(C)n3)C(=O)[C@@H]12. The number of carbonyl (C=O) groups excluding carboxylic acids is 2. The number of aromatic nitrogens is 1. The number of pyridine rings is 1. The molecule has 0 aromatic carbocycles. The van der Waals surface area contributed by atoms with Crippen LogP contribution in [0.3, 0.4) is 0 Å². The third-order valence-corrected chi connectivity index (χ3v) is 5.74. The van der Waals surface area contributed by atoms with E-state index in [1.54, 1.807) is 0 Å². The lowest BCUT2D eigenvalue weighted by atomic mass is 9.81. The largest absolute Gasteiger partial charge is 0.274 e. The lowest BCUT2D eigenvalue weighted by molar-refractivity contribution is -0.123. The standard InChI is InChI=1S/C19H22N2O2/c1-9(2)15-12-5-6-13(15)17-16(12)18(22)21(19(17)23)14-8-10(3)7-11(4)20-14/h7-8,12-13,16-17H,5-6H2,1-4H3/t12-,13-,16-,17-/m1/s1. The predicted molar refractivity (Wildman–Crippen MR) is 87.8 cm³/mol. The molecule has 23 heavy (non-hydrogen) atoms. The van der Waals surface area contributed by atoms with Gasteiger partial charge in [0.1, 0.15) is 5.82 Å². The van der Waals surface area contributed by atoms with E-state index < -0.39 is 0 Å². The maximum absolute atomic E-state index is 13.0. The van der Waals surface area contributed by atoms with Crippen molar-refractivity contribution in [2.75, 3.05) is 4.90 Å². The van der Waals surface area contributed by atoms with Gasteiger partial charge in [0.2, 0.25) is 11.8 Å². The van der Waals surface area contributed by atoms with Gasteiger partial charge in [-0.25, -0.2) is 9.88 Å². The van der Waals surface area contributed by atoms with Crippen molar-refractivity contribution in [2.24, 2.45) is 23.7 Å². The minimum absolute atomic E-state index is 0.0385. The summed E-state index contributed by atoms with van der Waals surface area (Å²) >= 11 is 0. The molecule has 2 amide bonds. The molecule has 1 aliphatic heterocycles. The van der Waals surface area contributed by atoms with Crippen LogP contribution in [0.25, 0.3) is 0 Å². The maximum Gasteiger partial charge on any atom is 0.239 e. The molecule has 3 fully saturated rings. The van der Waals surface area contributed by atoms with E-state index in [0.29, 0.717) is 5.82 Å². The van der Waals surface area contributed by atoms with E-state index >= 15 is 0 Å². The summed E-state index contributed by atoms with van der Waals surface area (Å²) < 4.78 is 0. The molecule has 1 saturated heterocycles. The second-order valence-corrected chi connectivity index (χ2v) is 7.45. The molecule has 2 aliphatic carbocycles. The number of amides is 2. The van der Waals surface area contributed by atoms with Crippen molar-refractivity contribution in [3.8, 4) is 0 Å². The summed E-state index contributed by atoms with van der Waals surface area (Å²) in [6, 6.07) is 3.80. The zero-order chi connectivity index (χ0) is 16.5. The first-order chi connectivity index (χ1) is 10.9. The van der Waals surface area contributed by atoms with Crippen LogP contribution in [-0.4, -0.2) is 16.8 Å². The molecule has 2 bridgehead atoms. The van der Waals surface area contributed by atoms with Crippen molar-refractivity contribution in [1.29, 1.82) is 0 Å². The number of rotatable bonds is 1. The minimum atomic E-state index is -0.159. The Morgan fingerprint density at radius 2 is 1.61 bits per heavy atom. The van der Waals surface area contributed by atoms with Crippen LogP contribution in [0, 0.1) is 37.5 Å². The number of aryl methyl sites for hydroxylation is 2. The molecular weight excluding hydrogens is 288 g/mol. The Bertz CT molecular complexity index is 708. The molecular formula is C19H22N2O2. The number of hydrogen-bond donors (Lipinski definition) is 0. The molecule has 0 N–H and O–H groups in total. The summed E-state index contributed by atoms with van der Waals surface area (Å²) in [7, 11) is 0. The average Bonchev–Trinajstić information content (AvgIpc) is 3.08. The first-order valence-electron chi connectivity index (χ1n) is 8.40. The Kier molecular flexibility index (Phi) is 3.03. The lowest BCUT2D eigenvalue weighted by Gasteiger charge is -2.19. The van der Waals surface area contributed by atoms with Crippen LogP contribution in [0.4, 0.5) is 5.82 Å². The molecule has 4 nitrogen and oxygen atoms in total. The molecule has 3 aliphatic rings. The molecule has 0 unspecified atom stereocenters. The average molecular weight is 310 g/mol. The second kappa shape index (κ2) is 4.76.